The largest absolute Gasteiger partial charge is 0.119 e. The van der Waals surface area contributed by atoms with Crippen LogP contribution in [0.3, 0.4) is 0 Å². The number of hydrogen-bond acceptors (Lipinski definition) is 0. The van der Waals surface area contributed by atoms with E-state index in [1.807, 2.05) is 0 Å². The van der Waals surface area contributed by atoms with Gasteiger partial charge in [-0.1, -0.05) is 13.8 Å². The maximum Gasteiger partial charge on any atom is -0.0239 e. The molecule has 3 atom stereocenters. The Kier molecular flexibility index (Phi) is 2.31. The maximum atomic E-state index is 2.39. The third kappa shape index (κ3) is 1.45. The third-order valence-corrected chi connectivity index (χ3v) is 4.01. The van der Waals surface area contributed by atoms with Gasteiger partial charge in [-0.05, 0) is 30.6 Å². The van der Waals surface area contributed by atoms with E-state index in [0.29, 0.717) is 0 Å². The van der Waals surface area contributed by atoms with E-state index in [4.69, 9.17) is 0 Å². The third-order valence-electron chi connectivity index (χ3n) is 2.16. The molecule has 0 nitrogen and oxygen atoms in total. The molecule has 0 N–H and O–H groups in total. The van der Waals surface area contributed by atoms with E-state index in [0.717, 1.165) is 11.6 Å². The van der Waals surface area contributed by atoms with Gasteiger partial charge < -0.3 is 0 Å². The first-order valence-electron chi connectivity index (χ1n) is 3.54. The van der Waals surface area contributed by atoms with Crippen molar-refractivity contribution in [2.75, 3.05) is 6.16 Å². The lowest BCUT2D eigenvalue weighted by Gasteiger charge is -2.24. The van der Waals surface area contributed by atoms with E-state index in [9.17, 15) is 0 Å². The van der Waals surface area contributed by atoms with Crippen molar-refractivity contribution >= 4 is 8.58 Å². The molecule has 0 spiro atoms. The van der Waals surface area contributed by atoms with Gasteiger partial charge >= 0.3 is 0 Å². The highest BCUT2D eigenvalue weighted by Gasteiger charge is 2.15. The molecule has 1 aliphatic rings. The molecule has 1 fully saturated rings. The van der Waals surface area contributed by atoms with Crippen molar-refractivity contribution in [1.29, 1.82) is 0 Å². The summed E-state index contributed by atoms with van der Waals surface area (Å²) in [4.78, 5) is 0. The predicted octanol–water partition coefficient (Wildman–Crippen LogP) is 2.48. The molecule has 0 aromatic carbocycles. The van der Waals surface area contributed by atoms with Crippen LogP contribution in [0.4, 0.5) is 0 Å². The van der Waals surface area contributed by atoms with Gasteiger partial charge in [-0.15, -0.1) is 8.58 Å². The Morgan fingerprint density at radius 3 is 2.50 bits per heavy atom. The molecule has 0 aliphatic carbocycles. The van der Waals surface area contributed by atoms with Crippen molar-refractivity contribution in [3.05, 3.63) is 0 Å². The molecule has 0 radical (unpaired) electrons. The van der Waals surface area contributed by atoms with Crippen molar-refractivity contribution in [2.45, 2.75) is 32.3 Å². The quantitative estimate of drug-likeness (QED) is 0.442. The fraction of sp³-hybridized carbons (Fsp3) is 1.00. The Morgan fingerprint density at radius 1 is 1.38 bits per heavy atom. The van der Waals surface area contributed by atoms with Crippen molar-refractivity contribution < 1.29 is 0 Å². The molecule has 1 heteroatoms. The minimum Gasteiger partial charge on any atom is -0.119 e. The summed E-state index contributed by atoms with van der Waals surface area (Å²) in [6.07, 6.45) is 4.48. The summed E-state index contributed by atoms with van der Waals surface area (Å²) in [5, 5.41) is 0. The predicted molar refractivity (Wildman–Crippen MR) is 41.0 cm³/mol. The highest BCUT2D eigenvalue weighted by atomic mass is 31.1. The Morgan fingerprint density at radius 2 is 2.12 bits per heavy atom. The molecule has 1 rings (SSSR count). The molecular formula is C7H15P. The number of hydrogen-bond donors (Lipinski definition) is 0. The van der Waals surface area contributed by atoms with Gasteiger partial charge in [0, 0.05) is 0 Å². The van der Waals surface area contributed by atoms with Crippen LogP contribution in [0.5, 0.6) is 0 Å². The lowest BCUT2D eigenvalue weighted by molar-refractivity contribution is 0.502. The Hall–Kier alpha value is 0.430. The summed E-state index contributed by atoms with van der Waals surface area (Å²) in [5.41, 5.74) is 1.03. The van der Waals surface area contributed by atoms with Crippen LogP contribution in [0.15, 0.2) is 0 Å². The molecule has 1 saturated heterocycles. The van der Waals surface area contributed by atoms with Gasteiger partial charge in [0.25, 0.3) is 0 Å². The minimum atomic E-state index is 1.02. The fourth-order valence-corrected chi connectivity index (χ4v) is 2.64. The highest BCUT2D eigenvalue weighted by molar-refractivity contribution is 7.38. The van der Waals surface area contributed by atoms with Gasteiger partial charge in [0.1, 0.15) is 0 Å². The zero-order valence-corrected chi connectivity index (χ0v) is 6.78. The zero-order chi connectivity index (χ0) is 5.98. The molecule has 0 saturated carbocycles. The van der Waals surface area contributed by atoms with Gasteiger partial charge in [0.05, 0.1) is 0 Å². The fourth-order valence-electron chi connectivity index (χ4n) is 1.20. The van der Waals surface area contributed by atoms with Crippen LogP contribution >= 0.6 is 8.58 Å². The lowest BCUT2D eigenvalue weighted by atomic mass is 10.0. The van der Waals surface area contributed by atoms with Gasteiger partial charge in [-0.25, -0.2) is 0 Å². The van der Waals surface area contributed by atoms with E-state index in [-0.39, 0.29) is 0 Å². The average molecular weight is 130 g/mol. The van der Waals surface area contributed by atoms with Crippen LogP contribution in [-0.2, 0) is 0 Å². The molecule has 1 heterocycles. The van der Waals surface area contributed by atoms with E-state index < -0.39 is 0 Å². The topological polar surface area (TPSA) is 0 Å². The normalized spacial score (nSPS) is 42.8. The molecule has 1 aliphatic heterocycles. The van der Waals surface area contributed by atoms with Crippen LogP contribution in [-0.4, -0.2) is 11.8 Å². The lowest BCUT2D eigenvalue weighted by Crippen LogP contribution is -2.13. The van der Waals surface area contributed by atoms with Gasteiger partial charge in [-0.3, -0.25) is 0 Å². The molecular weight excluding hydrogens is 115 g/mol. The molecule has 3 unspecified atom stereocenters. The first-order chi connectivity index (χ1) is 3.80. The zero-order valence-electron chi connectivity index (χ0n) is 5.78. The first kappa shape index (κ1) is 6.55. The maximum absolute atomic E-state index is 2.39. The van der Waals surface area contributed by atoms with Crippen LogP contribution in [0, 0.1) is 5.92 Å². The Labute approximate surface area is 53.8 Å². The second-order valence-corrected chi connectivity index (χ2v) is 4.68. The van der Waals surface area contributed by atoms with E-state index in [2.05, 4.69) is 13.8 Å². The number of rotatable bonds is 0. The van der Waals surface area contributed by atoms with Crippen molar-refractivity contribution in [2.24, 2.45) is 5.92 Å². The summed E-state index contributed by atoms with van der Waals surface area (Å²) in [7, 11) is 1.26. The Bertz CT molecular complexity index is 60.8. The smallest absolute Gasteiger partial charge is 0.0239 e. The van der Waals surface area contributed by atoms with Gasteiger partial charge in [-0.2, -0.15) is 0 Å². The highest BCUT2D eigenvalue weighted by Crippen LogP contribution is 2.34. The molecule has 0 aromatic rings. The minimum absolute atomic E-state index is 1.02. The van der Waals surface area contributed by atoms with Crippen LogP contribution in [0.25, 0.3) is 0 Å². The van der Waals surface area contributed by atoms with Crippen molar-refractivity contribution in [3.8, 4) is 0 Å². The summed E-state index contributed by atoms with van der Waals surface area (Å²) in [6.45, 7) is 4.78. The van der Waals surface area contributed by atoms with Gasteiger partial charge in [0.15, 0.2) is 0 Å². The van der Waals surface area contributed by atoms with E-state index in [1.54, 1.807) is 0 Å². The molecule has 48 valence electrons. The molecule has 8 heavy (non-hydrogen) atoms. The van der Waals surface area contributed by atoms with E-state index >= 15 is 0 Å². The van der Waals surface area contributed by atoms with Crippen LogP contribution in [0.1, 0.15) is 26.7 Å². The van der Waals surface area contributed by atoms with Crippen LogP contribution < -0.4 is 0 Å². The standard InChI is InChI=1S/C7H15P/c1-6-4-3-5-8-7(6)2/h6-8H,3-5H2,1-2H3. The second kappa shape index (κ2) is 2.82. The summed E-state index contributed by atoms with van der Waals surface area (Å²) < 4.78 is 0. The van der Waals surface area contributed by atoms with Crippen molar-refractivity contribution in [3.63, 3.8) is 0 Å². The van der Waals surface area contributed by atoms with Gasteiger partial charge in [0.2, 0.25) is 0 Å². The molecule has 0 aromatic heterocycles. The summed E-state index contributed by atoms with van der Waals surface area (Å²) >= 11 is 0. The SMILES string of the molecule is CC1CCCPC1C. The molecule has 0 bridgehead atoms. The Balaban J connectivity index is 2.28. The van der Waals surface area contributed by atoms with Crippen LogP contribution in [0.2, 0.25) is 0 Å². The first-order valence-corrected chi connectivity index (χ1v) is 4.82. The molecule has 0 amide bonds. The average Bonchev–Trinajstić information content (AvgIpc) is 1.77. The van der Waals surface area contributed by atoms with E-state index in [1.165, 1.54) is 27.6 Å². The monoisotopic (exact) mass is 130 g/mol. The second-order valence-electron chi connectivity index (χ2n) is 2.86. The summed E-state index contributed by atoms with van der Waals surface area (Å²) in [5.74, 6) is 1.02. The summed E-state index contributed by atoms with van der Waals surface area (Å²) in [6, 6.07) is 0. The van der Waals surface area contributed by atoms with Crippen molar-refractivity contribution in [1.82, 2.24) is 0 Å².